The van der Waals surface area contributed by atoms with Gasteiger partial charge in [-0.2, -0.15) is 0 Å². The summed E-state index contributed by atoms with van der Waals surface area (Å²) < 4.78 is 8.29. The van der Waals surface area contributed by atoms with Crippen molar-refractivity contribution < 1.29 is 9.53 Å². The molecule has 0 bridgehead atoms. The predicted molar refractivity (Wildman–Crippen MR) is 134 cm³/mol. The van der Waals surface area contributed by atoms with E-state index in [0.717, 1.165) is 54.8 Å². The minimum atomic E-state index is 0.192. The maximum absolute atomic E-state index is 12.5. The molecule has 1 fully saturated rings. The number of para-hydroxylation sites is 2. The molecule has 5 heteroatoms. The van der Waals surface area contributed by atoms with Gasteiger partial charge in [-0.3, -0.25) is 4.79 Å². The van der Waals surface area contributed by atoms with E-state index in [4.69, 9.17) is 9.72 Å². The van der Waals surface area contributed by atoms with Crippen molar-refractivity contribution >= 4 is 16.9 Å². The highest BCUT2D eigenvalue weighted by Crippen LogP contribution is 2.24. The van der Waals surface area contributed by atoms with Crippen LogP contribution in [-0.4, -0.2) is 28.6 Å². The van der Waals surface area contributed by atoms with Crippen molar-refractivity contribution in [1.82, 2.24) is 14.9 Å². The van der Waals surface area contributed by atoms with E-state index in [2.05, 4.69) is 54.1 Å². The number of hydrogen-bond donors (Lipinski definition) is 1. The molecule has 2 aromatic carbocycles. The first-order valence-corrected chi connectivity index (χ1v) is 12.6. The Labute approximate surface area is 197 Å². The highest BCUT2D eigenvalue weighted by Gasteiger charge is 2.20. The number of rotatable bonds is 10. The second-order valence-corrected chi connectivity index (χ2v) is 9.27. The quantitative estimate of drug-likeness (QED) is 0.423. The molecular formula is C28H37N3O2. The van der Waals surface area contributed by atoms with Gasteiger partial charge >= 0.3 is 0 Å². The molecule has 1 amide bonds. The number of nitrogens with one attached hydrogen (secondary N) is 1. The van der Waals surface area contributed by atoms with Crippen LogP contribution in [0.1, 0.15) is 69.7 Å². The number of benzene rings is 2. The Morgan fingerprint density at radius 3 is 2.64 bits per heavy atom. The average Bonchev–Trinajstić information content (AvgIpc) is 3.21. The third kappa shape index (κ3) is 5.95. The van der Waals surface area contributed by atoms with Gasteiger partial charge in [0.1, 0.15) is 18.2 Å². The topological polar surface area (TPSA) is 56.1 Å². The summed E-state index contributed by atoms with van der Waals surface area (Å²) in [6.45, 7) is 6.38. The number of ether oxygens (including phenoxy) is 1. The van der Waals surface area contributed by atoms with E-state index in [1.165, 1.54) is 24.8 Å². The molecule has 1 aliphatic rings. The van der Waals surface area contributed by atoms with Crippen LogP contribution in [0.3, 0.4) is 0 Å². The smallest absolute Gasteiger partial charge is 0.223 e. The van der Waals surface area contributed by atoms with Crippen LogP contribution < -0.4 is 10.1 Å². The van der Waals surface area contributed by atoms with Crippen LogP contribution in [0.2, 0.25) is 0 Å². The number of fused-ring (bicyclic) bond motifs is 1. The third-order valence-electron chi connectivity index (χ3n) is 7.00. The molecule has 176 valence electrons. The van der Waals surface area contributed by atoms with Crippen LogP contribution in [0, 0.1) is 5.92 Å². The van der Waals surface area contributed by atoms with E-state index in [0.29, 0.717) is 19.1 Å². The van der Waals surface area contributed by atoms with Gasteiger partial charge in [-0.05, 0) is 55.0 Å². The molecule has 1 heterocycles. The molecule has 3 aromatic rings. The lowest BCUT2D eigenvalue weighted by Crippen LogP contribution is -2.33. The monoisotopic (exact) mass is 447 g/mol. The number of amides is 1. The van der Waals surface area contributed by atoms with Crippen molar-refractivity contribution in [2.45, 2.75) is 71.3 Å². The summed E-state index contributed by atoms with van der Waals surface area (Å²) >= 11 is 0. The zero-order chi connectivity index (χ0) is 23.0. The van der Waals surface area contributed by atoms with Gasteiger partial charge in [0.2, 0.25) is 5.91 Å². The minimum Gasteiger partial charge on any atom is -0.492 e. The molecule has 1 atom stereocenters. The fourth-order valence-electron chi connectivity index (χ4n) is 4.76. The number of nitrogens with zero attached hydrogens (tertiary/aromatic N) is 2. The Bertz CT molecular complexity index is 1030. The summed E-state index contributed by atoms with van der Waals surface area (Å²) in [5.41, 5.74) is 3.45. The van der Waals surface area contributed by atoms with Crippen molar-refractivity contribution in [2.24, 2.45) is 5.92 Å². The molecule has 4 rings (SSSR count). The molecule has 1 N–H and O–H groups in total. The van der Waals surface area contributed by atoms with E-state index in [1.807, 2.05) is 18.2 Å². The van der Waals surface area contributed by atoms with Gasteiger partial charge in [0, 0.05) is 18.9 Å². The maximum atomic E-state index is 12.5. The number of carbonyl (C=O) groups is 1. The number of aromatic nitrogens is 2. The average molecular weight is 448 g/mol. The second-order valence-electron chi connectivity index (χ2n) is 9.27. The van der Waals surface area contributed by atoms with E-state index >= 15 is 0 Å². The van der Waals surface area contributed by atoms with Crippen LogP contribution in [0.4, 0.5) is 0 Å². The summed E-state index contributed by atoms with van der Waals surface area (Å²) in [4.78, 5) is 17.3. The lowest BCUT2D eigenvalue weighted by atomic mass is 9.89. The van der Waals surface area contributed by atoms with Gasteiger partial charge in [-0.25, -0.2) is 4.98 Å². The van der Waals surface area contributed by atoms with Crippen LogP contribution in [-0.2, 0) is 17.8 Å². The van der Waals surface area contributed by atoms with Gasteiger partial charge in [-0.1, -0.05) is 57.4 Å². The summed E-state index contributed by atoms with van der Waals surface area (Å²) in [7, 11) is 0. The van der Waals surface area contributed by atoms with Crippen LogP contribution in [0.5, 0.6) is 5.75 Å². The van der Waals surface area contributed by atoms with Crippen molar-refractivity contribution in [3.05, 3.63) is 59.9 Å². The fraction of sp³-hybridized carbons (Fsp3) is 0.500. The number of carbonyl (C=O) groups excluding carboxylic acids is 1. The zero-order valence-corrected chi connectivity index (χ0v) is 20.1. The summed E-state index contributed by atoms with van der Waals surface area (Å²) in [6, 6.07) is 16.7. The van der Waals surface area contributed by atoms with Crippen molar-refractivity contribution in [2.75, 3.05) is 13.2 Å². The van der Waals surface area contributed by atoms with Crippen molar-refractivity contribution in [3.63, 3.8) is 0 Å². The Morgan fingerprint density at radius 1 is 1.12 bits per heavy atom. The fourth-order valence-corrected chi connectivity index (χ4v) is 4.76. The predicted octanol–water partition coefficient (Wildman–Crippen LogP) is 5.87. The lowest BCUT2D eigenvalue weighted by Gasteiger charge is -2.20. The Morgan fingerprint density at radius 2 is 1.88 bits per heavy atom. The molecule has 0 radical (unpaired) electrons. The third-order valence-corrected chi connectivity index (χ3v) is 7.00. The first kappa shape index (κ1) is 23.3. The summed E-state index contributed by atoms with van der Waals surface area (Å²) in [6.07, 6.45) is 7.52. The van der Waals surface area contributed by atoms with Gasteiger partial charge in [0.05, 0.1) is 17.6 Å². The molecule has 0 unspecified atom stereocenters. The number of hydrogen-bond acceptors (Lipinski definition) is 3. The first-order valence-electron chi connectivity index (χ1n) is 12.6. The standard InChI is InChI=1S/C28H37N3O2/c1-3-21(2)22-13-15-24(16-14-22)33-20-19-31-26-12-8-7-11-25(26)30-27(31)17-18-29-28(32)23-9-5-4-6-10-23/h7-8,11-16,21,23H,3-6,9-10,17-20H2,1-2H3,(H,29,32)/t21-/m0/s1. The van der Waals surface area contributed by atoms with Crippen LogP contribution >= 0.6 is 0 Å². The van der Waals surface area contributed by atoms with E-state index in [-0.39, 0.29) is 11.8 Å². The second kappa shape index (κ2) is 11.4. The molecule has 0 saturated heterocycles. The summed E-state index contributed by atoms with van der Waals surface area (Å²) in [5.74, 6) is 2.86. The molecule has 1 saturated carbocycles. The zero-order valence-electron chi connectivity index (χ0n) is 20.1. The highest BCUT2D eigenvalue weighted by atomic mass is 16.5. The minimum absolute atomic E-state index is 0.192. The largest absolute Gasteiger partial charge is 0.492 e. The molecule has 5 nitrogen and oxygen atoms in total. The molecular weight excluding hydrogens is 410 g/mol. The van der Waals surface area contributed by atoms with E-state index < -0.39 is 0 Å². The Balaban J connectivity index is 1.36. The molecule has 0 aliphatic heterocycles. The van der Waals surface area contributed by atoms with Gasteiger partial charge in [-0.15, -0.1) is 0 Å². The Kier molecular flexibility index (Phi) is 8.03. The molecule has 1 aliphatic carbocycles. The lowest BCUT2D eigenvalue weighted by molar-refractivity contribution is -0.125. The Hall–Kier alpha value is -2.82. The van der Waals surface area contributed by atoms with E-state index in [9.17, 15) is 4.79 Å². The van der Waals surface area contributed by atoms with E-state index in [1.54, 1.807) is 0 Å². The van der Waals surface area contributed by atoms with Gasteiger partial charge in [0.25, 0.3) is 0 Å². The van der Waals surface area contributed by atoms with Gasteiger partial charge < -0.3 is 14.6 Å². The SMILES string of the molecule is CC[C@H](C)c1ccc(OCCn2c(CCNC(=O)C3CCCCC3)nc3ccccc32)cc1. The van der Waals surface area contributed by atoms with Crippen LogP contribution in [0.15, 0.2) is 48.5 Å². The maximum Gasteiger partial charge on any atom is 0.223 e. The normalized spacial score (nSPS) is 15.5. The van der Waals surface area contributed by atoms with Crippen molar-refractivity contribution in [3.8, 4) is 5.75 Å². The summed E-state index contributed by atoms with van der Waals surface area (Å²) in [5, 5.41) is 3.15. The van der Waals surface area contributed by atoms with Crippen LogP contribution in [0.25, 0.3) is 11.0 Å². The van der Waals surface area contributed by atoms with Gasteiger partial charge in [0.15, 0.2) is 0 Å². The molecule has 1 aromatic heterocycles. The van der Waals surface area contributed by atoms with Crippen molar-refractivity contribution in [1.29, 1.82) is 0 Å². The molecule has 33 heavy (non-hydrogen) atoms. The number of imidazole rings is 1. The molecule has 0 spiro atoms. The highest BCUT2D eigenvalue weighted by molar-refractivity contribution is 5.78. The first-order chi connectivity index (χ1) is 16.2.